The summed E-state index contributed by atoms with van der Waals surface area (Å²) in [5.74, 6) is 1.05. The maximum absolute atomic E-state index is 12.1. The number of benzene rings is 1. The number of nitrogens with one attached hydrogen (secondary N) is 1. The fraction of sp³-hybridized carbons (Fsp3) is 0.154. The Morgan fingerprint density at radius 3 is 2.63 bits per heavy atom. The van der Waals surface area contributed by atoms with E-state index in [9.17, 15) is 4.79 Å². The van der Waals surface area contributed by atoms with E-state index in [1.165, 1.54) is 11.3 Å². The van der Waals surface area contributed by atoms with Gasteiger partial charge in [0.1, 0.15) is 16.4 Å². The van der Waals surface area contributed by atoms with Gasteiger partial charge in [-0.25, -0.2) is 0 Å². The van der Waals surface area contributed by atoms with Crippen molar-refractivity contribution in [3.05, 3.63) is 39.0 Å². The average molecular weight is 342 g/mol. The lowest BCUT2D eigenvalue weighted by atomic mass is 10.2. The van der Waals surface area contributed by atoms with Crippen molar-refractivity contribution in [1.29, 1.82) is 0 Å². The second kappa shape index (κ2) is 6.08. The smallest absolute Gasteiger partial charge is 0.266 e. The number of anilines is 1. The van der Waals surface area contributed by atoms with Crippen molar-refractivity contribution in [2.24, 2.45) is 0 Å². The predicted molar refractivity (Wildman–Crippen MR) is 79.5 cm³/mol. The number of halogens is 1. The third-order valence-corrected chi connectivity index (χ3v) is 4.31. The van der Waals surface area contributed by atoms with E-state index < -0.39 is 0 Å². The molecule has 0 aliphatic heterocycles. The molecule has 2 rings (SSSR count). The Balaban J connectivity index is 2.27. The zero-order valence-corrected chi connectivity index (χ0v) is 12.8. The number of hydrogen-bond acceptors (Lipinski definition) is 4. The number of amides is 1. The summed E-state index contributed by atoms with van der Waals surface area (Å²) < 4.78 is 11.1. The van der Waals surface area contributed by atoms with Gasteiger partial charge in [0.05, 0.1) is 19.9 Å². The van der Waals surface area contributed by atoms with Crippen LogP contribution in [0.1, 0.15) is 9.67 Å². The number of rotatable bonds is 4. The largest absolute Gasteiger partial charge is 0.497 e. The van der Waals surface area contributed by atoms with Crippen LogP contribution in [0.3, 0.4) is 0 Å². The maximum Gasteiger partial charge on any atom is 0.266 e. The lowest BCUT2D eigenvalue weighted by Gasteiger charge is -2.11. The molecule has 100 valence electrons. The molecule has 0 bridgehead atoms. The van der Waals surface area contributed by atoms with Crippen LogP contribution in [0.5, 0.6) is 11.5 Å². The highest BCUT2D eigenvalue weighted by atomic mass is 79.9. The van der Waals surface area contributed by atoms with Crippen molar-refractivity contribution >= 4 is 38.9 Å². The van der Waals surface area contributed by atoms with Gasteiger partial charge in [-0.15, -0.1) is 11.3 Å². The first-order valence-electron chi connectivity index (χ1n) is 5.42. The summed E-state index contributed by atoms with van der Waals surface area (Å²) in [6.45, 7) is 0. The van der Waals surface area contributed by atoms with Gasteiger partial charge in [0, 0.05) is 10.5 Å². The SMILES string of the molecule is COc1ccc(OC)c(NC(=O)c2sccc2Br)c1. The average Bonchev–Trinajstić information content (AvgIpc) is 2.85. The van der Waals surface area contributed by atoms with Gasteiger partial charge in [-0.1, -0.05) is 0 Å². The van der Waals surface area contributed by atoms with Gasteiger partial charge in [0.2, 0.25) is 0 Å². The first-order chi connectivity index (χ1) is 9.15. The number of methoxy groups -OCH3 is 2. The van der Waals surface area contributed by atoms with Gasteiger partial charge >= 0.3 is 0 Å². The van der Waals surface area contributed by atoms with Crippen LogP contribution in [0.2, 0.25) is 0 Å². The van der Waals surface area contributed by atoms with Crippen molar-refractivity contribution in [3.8, 4) is 11.5 Å². The molecule has 1 aromatic carbocycles. The number of ether oxygens (including phenoxy) is 2. The number of carbonyl (C=O) groups is 1. The zero-order valence-electron chi connectivity index (χ0n) is 10.4. The number of carbonyl (C=O) groups excluding carboxylic acids is 1. The zero-order chi connectivity index (χ0) is 13.8. The Morgan fingerprint density at radius 1 is 1.26 bits per heavy atom. The van der Waals surface area contributed by atoms with E-state index in [0.29, 0.717) is 22.1 Å². The summed E-state index contributed by atoms with van der Waals surface area (Å²) in [7, 11) is 3.13. The molecule has 1 aromatic heterocycles. The molecule has 4 nitrogen and oxygen atoms in total. The normalized spacial score (nSPS) is 10.1. The van der Waals surface area contributed by atoms with Crippen LogP contribution < -0.4 is 14.8 Å². The highest BCUT2D eigenvalue weighted by molar-refractivity contribution is 9.10. The van der Waals surface area contributed by atoms with Crippen molar-refractivity contribution in [2.75, 3.05) is 19.5 Å². The van der Waals surface area contributed by atoms with Gasteiger partial charge < -0.3 is 14.8 Å². The summed E-state index contributed by atoms with van der Waals surface area (Å²) >= 11 is 4.71. The minimum Gasteiger partial charge on any atom is -0.497 e. The molecule has 2 aromatic rings. The molecular weight excluding hydrogens is 330 g/mol. The third-order valence-electron chi connectivity index (χ3n) is 2.48. The predicted octanol–water partition coefficient (Wildman–Crippen LogP) is 3.78. The van der Waals surface area contributed by atoms with Crippen LogP contribution in [-0.4, -0.2) is 20.1 Å². The van der Waals surface area contributed by atoms with Crippen LogP contribution in [0.4, 0.5) is 5.69 Å². The molecular formula is C13H12BrNO3S. The fourth-order valence-electron chi connectivity index (χ4n) is 1.55. The summed E-state index contributed by atoms with van der Waals surface area (Å²) in [5, 5.41) is 4.66. The van der Waals surface area contributed by atoms with E-state index in [-0.39, 0.29) is 5.91 Å². The van der Waals surface area contributed by atoms with Crippen LogP contribution in [-0.2, 0) is 0 Å². The molecule has 0 aliphatic rings. The Hall–Kier alpha value is -1.53. The van der Waals surface area contributed by atoms with Gasteiger partial charge in [-0.3, -0.25) is 4.79 Å². The summed E-state index contributed by atoms with van der Waals surface area (Å²) in [6, 6.07) is 7.08. The highest BCUT2D eigenvalue weighted by Gasteiger charge is 2.14. The van der Waals surface area contributed by atoms with Crippen molar-refractivity contribution in [2.45, 2.75) is 0 Å². The fourth-order valence-corrected chi connectivity index (χ4v) is 2.99. The Bertz CT molecular complexity index is 597. The van der Waals surface area contributed by atoms with Gasteiger partial charge in [0.25, 0.3) is 5.91 Å². The van der Waals surface area contributed by atoms with Crippen LogP contribution in [0, 0.1) is 0 Å². The molecule has 0 aliphatic carbocycles. The standard InChI is InChI=1S/C13H12BrNO3S/c1-17-8-3-4-11(18-2)10(7-8)15-13(16)12-9(14)5-6-19-12/h3-7H,1-2H3,(H,15,16). The van der Waals surface area contributed by atoms with E-state index in [4.69, 9.17) is 9.47 Å². The molecule has 0 atom stereocenters. The first-order valence-corrected chi connectivity index (χ1v) is 7.09. The van der Waals surface area contributed by atoms with E-state index in [1.807, 2.05) is 11.4 Å². The first kappa shape index (κ1) is 13.9. The topological polar surface area (TPSA) is 47.6 Å². The maximum atomic E-state index is 12.1. The third kappa shape index (κ3) is 3.08. The molecule has 0 saturated carbocycles. The number of thiophene rings is 1. The second-order valence-electron chi connectivity index (χ2n) is 3.62. The molecule has 0 unspecified atom stereocenters. The Morgan fingerprint density at radius 2 is 2.05 bits per heavy atom. The molecule has 0 radical (unpaired) electrons. The molecule has 0 fully saturated rings. The second-order valence-corrected chi connectivity index (χ2v) is 5.39. The quantitative estimate of drug-likeness (QED) is 0.920. The molecule has 19 heavy (non-hydrogen) atoms. The summed E-state index contributed by atoms with van der Waals surface area (Å²) in [6.07, 6.45) is 0. The summed E-state index contributed by atoms with van der Waals surface area (Å²) in [5.41, 5.74) is 0.576. The molecule has 0 saturated heterocycles. The molecule has 1 heterocycles. The molecule has 6 heteroatoms. The lowest BCUT2D eigenvalue weighted by molar-refractivity contribution is 0.102. The van der Waals surface area contributed by atoms with E-state index >= 15 is 0 Å². The highest BCUT2D eigenvalue weighted by Crippen LogP contribution is 2.30. The van der Waals surface area contributed by atoms with Gasteiger partial charge in [0.15, 0.2) is 0 Å². The van der Waals surface area contributed by atoms with Gasteiger partial charge in [-0.05, 0) is 39.5 Å². The lowest BCUT2D eigenvalue weighted by Crippen LogP contribution is -2.11. The van der Waals surface area contributed by atoms with Gasteiger partial charge in [-0.2, -0.15) is 0 Å². The summed E-state index contributed by atoms with van der Waals surface area (Å²) in [4.78, 5) is 12.8. The Kier molecular flexibility index (Phi) is 4.44. The van der Waals surface area contributed by atoms with E-state index in [0.717, 1.165) is 4.47 Å². The minimum absolute atomic E-state index is 0.187. The van der Waals surface area contributed by atoms with Crippen LogP contribution >= 0.6 is 27.3 Å². The van der Waals surface area contributed by atoms with Crippen molar-refractivity contribution in [3.63, 3.8) is 0 Å². The Labute approximate surface area is 123 Å². The number of hydrogen-bond donors (Lipinski definition) is 1. The van der Waals surface area contributed by atoms with E-state index in [2.05, 4.69) is 21.2 Å². The van der Waals surface area contributed by atoms with Crippen molar-refractivity contribution in [1.82, 2.24) is 0 Å². The van der Waals surface area contributed by atoms with Crippen LogP contribution in [0.15, 0.2) is 34.1 Å². The van der Waals surface area contributed by atoms with Crippen molar-refractivity contribution < 1.29 is 14.3 Å². The molecule has 1 amide bonds. The minimum atomic E-state index is -0.187. The van der Waals surface area contributed by atoms with Crippen LogP contribution in [0.25, 0.3) is 0 Å². The molecule has 1 N–H and O–H groups in total. The van der Waals surface area contributed by atoms with E-state index in [1.54, 1.807) is 32.4 Å². The molecule has 0 spiro atoms. The monoisotopic (exact) mass is 341 g/mol.